The van der Waals surface area contributed by atoms with Gasteiger partial charge in [-0.3, -0.25) is 9.59 Å². The molecule has 0 spiro atoms. The molecule has 0 saturated heterocycles. The maximum atomic E-state index is 11.0. The number of halogens is 2. The lowest BCUT2D eigenvalue weighted by Gasteiger charge is -2.04. The van der Waals surface area contributed by atoms with Crippen LogP contribution in [0.15, 0.2) is 18.2 Å². The van der Waals surface area contributed by atoms with E-state index in [1.807, 2.05) is 0 Å². The van der Waals surface area contributed by atoms with Gasteiger partial charge in [0.15, 0.2) is 0 Å². The van der Waals surface area contributed by atoms with Crippen molar-refractivity contribution in [1.29, 1.82) is 0 Å². The zero-order chi connectivity index (χ0) is 12.1. The van der Waals surface area contributed by atoms with Gasteiger partial charge in [-0.25, -0.2) is 0 Å². The molecule has 1 rings (SSSR count). The van der Waals surface area contributed by atoms with E-state index >= 15 is 0 Å². The predicted molar refractivity (Wildman–Crippen MR) is 63.9 cm³/mol. The minimum Gasteiger partial charge on any atom is -0.349 e. The van der Waals surface area contributed by atoms with Crippen LogP contribution in [0.4, 0.5) is 0 Å². The smallest absolute Gasteiger partial charge is 0.287 e. The number of carbonyl (C=O) groups is 2. The third kappa shape index (κ3) is 4.21. The van der Waals surface area contributed by atoms with E-state index in [-0.39, 0.29) is 0 Å². The average molecular weight is 260 g/mol. The van der Waals surface area contributed by atoms with E-state index in [2.05, 4.69) is 5.32 Å². The van der Waals surface area contributed by atoms with Gasteiger partial charge in [0, 0.05) is 23.5 Å². The summed E-state index contributed by atoms with van der Waals surface area (Å²) in [5, 5.41) is 3.61. The molecular formula is C11H11Cl2NO2. The molecule has 5 heteroatoms. The van der Waals surface area contributed by atoms with Crippen LogP contribution in [0.2, 0.25) is 10.0 Å². The third-order valence-electron chi connectivity index (χ3n) is 1.94. The Bertz CT molecular complexity index is 398. The summed E-state index contributed by atoms with van der Waals surface area (Å²) in [6.45, 7) is 1.61. The van der Waals surface area contributed by atoms with Crippen molar-refractivity contribution in [3.8, 4) is 0 Å². The Morgan fingerprint density at radius 3 is 2.25 bits per heavy atom. The summed E-state index contributed by atoms with van der Waals surface area (Å²) in [6, 6.07) is 5.18. The first-order chi connectivity index (χ1) is 7.49. The number of hydrogen-bond donors (Lipinski definition) is 1. The summed E-state index contributed by atoms with van der Waals surface area (Å²) in [5.74, 6) is -1.07. The standard InChI is InChI=1S/C11H11Cl2NO2/c1-7(15)11(16)14-3-2-8-4-9(12)6-10(13)5-8/h4-6H,2-3H2,1H3,(H,14,16). The molecule has 0 aliphatic carbocycles. The Kier molecular flexibility index (Phi) is 4.77. The molecule has 0 bridgehead atoms. The van der Waals surface area contributed by atoms with E-state index < -0.39 is 11.7 Å². The van der Waals surface area contributed by atoms with Gasteiger partial charge in [-0.15, -0.1) is 0 Å². The topological polar surface area (TPSA) is 46.2 Å². The summed E-state index contributed by atoms with van der Waals surface area (Å²) in [4.78, 5) is 21.6. The number of hydrogen-bond acceptors (Lipinski definition) is 2. The van der Waals surface area contributed by atoms with E-state index in [1.54, 1.807) is 18.2 Å². The van der Waals surface area contributed by atoms with Crippen molar-refractivity contribution in [2.75, 3.05) is 6.54 Å². The number of amides is 1. The predicted octanol–water partition coefficient (Wildman–Crippen LogP) is 2.24. The highest BCUT2D eigenvalue weighted by Gasteiger charge is 2.06. The van der Waals surface area contributed by atoms with Crippen molar-refractivity contribution < 1.29 is 9.59 Å². The van der Waals surface area contributed by atoms with E-state index in [0.29, 0.717) is 23.0 Å². The minimum absolute atomic E-state index is 0.384. The van der Waals surface area contributed by atoms with Gasteiger partial charge < -0.3 is 5.32 Å². The molecule has 0 saturated carbocycles. The Hall–Kier alpha value is -1.06. The first kappa shape index (κ1) is 13.0. The molecule has 0 fully saturated rings. The first-order valence-electron chi connectivity index (χ1n) is 4.73. The maximum absolute atomic E-state index is 11.0. The van der Waals surface area contributed by atoms with E-state index in [9.17, 15) is 9.59 Å². The summed E-state index contributed by atoms with van der Waals surface area (Å²) in [5.41, 5.74) is 0.918. The van der Waals surface area contributed by atoms with E-state index in [4.69, 9.17) is 23.2 Å². The molecule has 0 aliphatic heterocycles. The molecule has 0 heterocycles. The number of carbonyl (C=O) groups excluding carboxylic acids is 2. The fraction of sp³-hybridized carbons (Fsp3) is 0.273. The van der Waals surface area contributed by atoms with Crippen LogP contribution in [0.1, 0.15) is 12.5 Å². The molecule has 86 valence electrons. The van der Waals surface area contributed by atoms with E-state index in [1.165, 1.54) is 6.92 Å². The fourth-order valence-corrected chi connectivity index (χ4v) is 1.77. The quantitative estimate of drug-likeness (QED) is 0.844. The van der Waals surface area contributed by atoms with Crippen molar-refractivity contribution in [2.45, 2.75) is 13.3 Å². The Labute approximate surface area is 104 Å². The number of benzene rings is 1. The van der Waals surface area contributed by atoms with Crippen molar-refractivity contribution in [2.24, 2.45) is 0 Å². The largest absolute Gasteiger partial charge is 0.349 e. The molecule has 0 aliphatic rings. The monoisotopic (exact) mass is 259 g/mol. The number of ketones is 1. The van der Waals surface area contributed by atoms with Crippen molar-refractivity contribution in [3.63, 3.8) is 0 Å². The van der Waals surface area contributed by atoms with Crippen LogP contribution in [-0.4, -0.2) is 18.2 Å². The molecule has 3 nitrogen and oxygen atoms in total. The molecule has 0 atom stereocenters. The van der Waals surface area contributed by atoms with Gasteiger partial charge in [0.1, 0.15) is 0 Å². The van der Waals surface area contributed by atoms with Crippen LogP contribution in [0.5, 0.6) is 0 Å². The van der Waals surface area contributed by atoms with Crippen LogP contribution in [0.25, 0.3) is 0 Å². The van der Waals surface area contributed by atoms with Crippen LogP contribution in [0, 0.1) is 0 Å². The molecule has 1 aromatic carbocycles. The normalized spacial score (nSPS) is 9.94. The van der Waals surface area contributed by atoms with Crippen molar-refractivity contribution in [1.82, 2.24) is 5.32 Å². The highest BCUT2D eigenvalue weighted by molar-refractivity contribution is 6.35. The average Bonchev–Trinajstić information content (AvgIpc) is 2.15. The zero-order valence-corrected chi connectivity index (χ0v) is 10.2. The van der Waals surface area contributed by atoms with Crippen molar-refractivity contribution >= 4 is 34.9 Å². The molecule has 1 amide bonds. The van der Waals surface area contributed by atoms with Crippen molar-refractivity contribution in [3.05, 3.63) is 33.8 Å². The Balaban J connectivity index is 2.49. The molecule has 16 heavy (non-hydrogen) atoms. The van der Waals surface area contributed by atoms with Crippen LogP contribution in [0.3, 0.4) is 0 Å². The summed E-state index contributed by atoms with van der Waals surface area (Å²) >= 11 is 11.6. The molecule has 1 N–H and O–H groups in total. The maximum Gasteiger partial charge on any atom is 0.287 e. The minimum atomic E-state index is -0.576. The lowest BCUT2D eigenvalue weighted by Crippen LogP contribution is -2.30. The van der Waals surface area contributed by atoms with Crippen LogP contribution in [-0.2, 0) is 16.0 Å². The fourth-order valence-electron chi connectivity index (χ4n) is 1.20. The van der Waals surface area contributed by atoms with E-state index in [0.717, 1.165) is 5.56 Å². The molecular weight excluding hydrogens is 249 g/mol. The summed E-state index contributed by atoms with van der Waals surface area (Å²) in [6.07, 6.45) is 0.583. The highest BCUT2D eigenvalue weighted by Crippen LogP contribution is 2.19. The van der Waals surface area contributed by atoms with Gasteiger partial charge in [0.2, 0.25) is 5.78 Å². The van der Waals surface area contributed by atoms with Gasteiger partial charge in [-0.05, 0) is 30.2 Å². The Morgan fingerprint density at radius 2 is 1.75 bits per heavy atom. The van der Waals surface area contributed by atoms with Gasteiger partial charge in [0.05, 0.1) is 0 Å². The molecule has 1 aromatic rings. The Morgan fingerprint density at radius 1 is 1.19 bits per heavy atom. The second kappa shape index (κ2) is 5.87. The lowest BCUT2D eigenvalue weighted by molar-refractivity contribution is -0.136. The molecule has 0 aromatic heterocycles. The first-order valence-corrected chi connectivity index (χ1v) is 5.48. The number of rotatable bonds is 4. The number of Topliss-reactive ketones (excluding diaryl/α,β-unsaturated/α-hetero) is 1. The van der Waals surface area contributed by atoms with Gasteiger partial charge >= 0.3 is 0 Å². The van der Waals surface area contributed by atoms with Crippen LogP contribution >= 0.6 is 23.2 Å². The lowest BCUT2D eigenvalue weighted by atomic mass is 10.1. The van der Waals surface area contributed by atoms with Gasteiger partial charge in [-0.1, -0.05) is 23.2 Å². The summed E-state index contributed by atoms with van der Waals surface area (Å²) in [7, 11) is 0. The molecule has 0 radical (unpaired) electrons. The second-order valence-corrected chi connectivity index (χ2v) is 4.21. The van der Waals surface area contributed by atoms with Crippen LogP contribution < -0.4 is 5.32 Å². The second-order valence-electron chi connectivity index (χ2n) is 3.34. The molecule has 0 unspecified atom stereocenters. The third-order valence-corrected chi connectivity index (χ3v) is 2.38. The van der Waals surface area contributed by atoms with Gasteiger partial charge in [-0.2, -0.15) is 0 Å². The SMILES string of the molecule is CC(=O)C(=O)NCCc1cc(Cl)cc(Cl)c1. The van der Waals surface area contributed by atoms with Gasteiger partial charge in [0.25, 0.3) is 5.91 Å². The number of nitrogens with one attached hydrogen (secondary N) is 1. The zero-order valence-electron chi connectivity index (χ0n) is 8.72. The summed E-state index contributed by atoms with van der Waals surface area (Å²) < 4.78 is 0. The highest BCUT2D eigenvalue weighted by atomic mass is 35.5.